The Kier molecular flexibility index (Phi) is 4.94. The Labute approximate surface area is 172 Å². The van der Waals surface area contributed by atoms with E-state index in [2.05, 4.69) is 20.3 Å². The van der Waals surface area contributed by atoms with E-state index in [1.54, 1.807) is 24.7 Å². The van der Waals surface area contributed by atoms with Gasteiger partial charge in [0, 0.05) is 48.7 Å². The van der Waals surface area contributed by atoms with Gasteiger partial charge in [0.05, 0.1) is 5.69 Å². The second kappa shape index (κ2) is 7.44. The number of carbonyl (C=O) groups excluding carboxylic acids is 1. The molecule has 1 saturated heterocycles. The molecule has 154 valence electrons. The summed E-state index contributed by atoms with van der Waals surface area (Å²) in [5.41, 5.74) is 9.31. The Morgan fingerprint density at radius 3 is 2.73 bits per heavy atom. The summed E-state index contributed by atoms with van der Waals surface area (Å²) in [5, 5.41) is 9.14. The van der Waals surface area contributed by atoms with Crippen LogP contribution in [-0.2, 0) is 15.0 Å². The van der Waals surface area contributed by atoms with Crippen LogP contribution < -0.4 is 16.2 Å². The molecule has 1 aliphatic heterocycles. The second-order valence-electron chi connectivity index (χ2n) is 6.98. The van der Waals surface area contributed by atoms with Gasteiger partial charge in [-0.15, -0.1) is 0 Å². The number of carbonyl (C=O) groups is 1. The number of anilines is 2. The number of fused-ring (bicyclic) bond motifs is 1. The van der Waals surface area contributed by atoms with Crippen LogP contribution in [0, 0.1) is 6.92 Å². The molecule has 0 bridgehead atoms. The molecule has 10 nitrogen and oxygen atoms in total. The Balaban J connectivity index is 1.57. The van der Waals surface area contributed by atoms with Crippen molar-refractivity contribution in [3.8, 4) is 11.3 Å². The standard InChI is InChI=1S/C19H19N7O3S/c1-11-2-3-22-7-14(11)16-5-13-6-17(23-8-15(13)19(20)24-16)25-18(27)4-12-9-26(10-12)30(21,28)29/h2-8H,9-10H2,1H3,(H2,20,24)(H2,21,28,29)(H,23,25,27). The Morgan fingerprint density at radius 1 is 1.27 bits per heavy atom. The Hall–Kier alpha value is -3.41. The van der Waals surface area contributed by atoms with Gasteiger partial charge in [0.25, 0.3) is 10.2 Å². The maximum absolute atomic E-state index is 12.2. The number of pyridine rings is 3. The maximum Gasteiger partial charge on any atom is 0.277 e. The quantitative estimate of drug-likeness (QED) is 0.525. The van der Waals surface area contributed by atoms with Crippen molar-refractivity contribution in [2.24, 2.45) is 5.14 Å². The van der Waals surface area contributed by atoms with Crippen LogP contribution in [0.3, 0.4) is 0 Å². The number of hydrogen-bond acceptors (Lipinski definition) is 7. The Bertz CT molecular complexity index is 1300. The largest absolute Gasteiger partial charge is 0.383 e. The van der Waals surface area contributed by atoms with Crippen LogP contribution in [0.25, 0.3) is 22.0 Å². The Morgan fingerprint density at radius 2 is 2.03 bits per heavy atom. The van der Waals surface area contributed by atoms with Crippen LogP contribution in [-0.4, -0.2) is 46.7 Å². The van der Waals surface area contributed by atoms with E-state index in [9.17, 15) is 13.2 Å². The third-order valence-corrected chi connectivity index (χ3v) is 5.74. The average Bonchev–Trinajstić information content (AvgIpc) is 2.63. The number of nitrogens with two attached hydrogens (primary N) is 2. The van der Waals surface area contributed by atoms with E-state index >= 15 is 0 Å². The highest BCUT2D eigenvalue weighted by molar-refractivity contribution is 7.86. The number of nitrogens with one attached hydrogen (secondary N) is 1. The van der Waals surface area contributed by atoms with Crippen LogP contribution >= 0.6 is 0 Å². The first-order chi connectivity index (χ1) is 14.2. The molecule has 1 aliphatic rings. The minimum atomic E-state index is -3.73. The van der Waals surface area contributed by atoms with Crippen LogP contribution in [0.4, 0.5) is 11.6 Å². The van der Waals surface area contributed by atoms with E-state index in [1.165, 1.54) is 6.08 Å². The summed E-state index contributed by atoms with van der Waals surface area (Å²) in [6, 6.07) is 5.46. The lowest BCUT2D eigenvalue weighted by molar-refractivity contribution is -0.112. The number of amides is 1. The topological polar surface area (TPSA) is 157 Å². The molecule has 1 fully saturated rings. The van der Waals surface area contributed by atoms with Gasteiger partial charge in [-0.1, -0.05) is 0 Å². The lowest BCUT2D eigenvalue weighted by Crippen LogP contribution is -2.48. The fraction of sp³-hybridized carbons (Fsp3) is 0.158. The molecule has 4 heterocycles. The molecular formula is C19H19N7O3S. The summed E-state index contributed by atoms with van der Waals surface area (Å²) < 4.78 is 23.4. The summed E-state index contributed by atoms with van der Waals surface area (Å²) >= 11 is 0. The van der Waals surface area contributed by atoms with Crippen molar-refractivity contribution in [1.82, 2.24) is 19.3 Å². The first-order valence-corrected chi connectivity index (χ1v) is 10.5. The first-order valence-electron chi connectivity index (χ1n) is 8.96. The van der Waals surface area contributed by atoms with E-state index in [0.717, 1.165) is 20.8 Å². The number of nitrogen functional groups attached to an aromatic ring is 1. The van der Waals surface area contributed by atoms with E-state index in [4.69, 9.17) is 10.9 Å². The van der Waals surface area contributed by atoms with Crippen molar-refractivity contribution in [2.45, 2.75) is 6.92 Å². The fourth-order valence-corrected chi connectivity index (χ4v) is 3.83. The molecule has 11 heteroatoms. The predicted molar refractivity (Wildman–Crippen MR) is 113 cm³/mol. The molecule has 5 N–H and O–H groups in total. The maximum atomic E-state index is 12.2. The molecule has 0 aliphatic carbocycles. The number of rotatable bonds is 4. The van der Waals surface area contributed by atoms with Gasteiger partial charge in [-0.25, -0.2) is 15.1 Å². The molecule has 0 saturated carbocycles. The number of nitrogens with zero attached hydrogens (tertiary/aromatic N) is 4. The molecule has 4 rings (SSSR count). The van der Waals surface area contributed by atoms with Crippen LogP contribution in [0.15, 0.2) is 48.4 Å². The van der Waals surface area contributed by atoms with Crippen molar-refractivity contribution in [3.05, 3.63) is 54.0 Å². The smallest absolute Gasteiger partial charge is 0.277 e. The molecule has 0 aromatic carbocycles. The summed E-state index contributed by atoms with van der Waals surface area (Å²) in [7, 11) is -3.73. The summed E-state index contributed by atoms with van der Waals surface area (Å²) in [6.45, 7) is 2.17. The van der Waals surface area contributed by atoms with Gasteiger partial charge in [0.2, 0.25) is 5.91 Å². The molecule has 30 heavy (non-hydrogen) atoms. The van der Waals surface area contributed by atoms with Gasteiger partial charge in [-0.2, -0.15) is 12.7 Å². The van der Waals surface area contributed by atoms with Crippen LogP contribution in [0.1, 0.15) is 5.56 Å². The predicted octanol–water partition coefficient (Wildman–Crippen LogP) is 0.966. The summed E-state index contributed by atoms with van der Waals surface area (Å²) in [4.78, 5) is 25.0. The zero-order valence-electron chi connectivity index (χ0n) is 16.0. The first kappa shape index (κ1) is 19.9. The lowest BCUT2D eigenvalue weighted by atomic mass is 10.1. The molecular weight excluding hydrogens is 406 g/mol. The average molecular weight is 425 g/mol. The van der Waals surface area contributed by atoms with Crippen molar-refractivity contribution < 1.29 is 13.2 Å². The normalized spacial score (nSPS) is 14.4. The van der Waals surface area contributed by atoms with Gasteiger partial charge in [-0.05, 0) is 41.6 Å². The third-order valence-electron chi connectivity index (χ3n) is 4.77. The molecule has 1 amide bonds. The summed E-state index contributed by atoms with van der Waals surface area (Å²) in [5.74, 6) is 0.263. The van der Waals surface area contributed by atoms with E-state index in [1.807, 2.05) is 19.1 Å². The minimum absolute atomic E-state index is 0.105. The molecule has 3 aromatic rings. The second-order valence-corrected chi connectivity index (χ2v) is 8.53. The number of hydrogen-bond donors (Lipinski definition) is 3. The highest BCUT2D eigenvalue weighted by atomic mass is 32.2. The molecule has 0 radical (unpaired) electrons. The molecule has 3 aromatic heterocycles. The van der Waals surface area contributed by atoms with E-state index in [-0.39, 0.29) is 13.1 Å². The van der Waals surface area contributed by atoms with Crippen LogP contribution in [0.5, 0.6) is 0 Å². The van der Waals surface area contributed by atoms with Gasteiger partial charge in [0.1, 0.15) is 11.6 Å². The van der Waals surface area contributed by atoms with E-state index in [0.29, 0.717) is 28.3 Å². The van der Waals surface area contributed by atoms with Crippen molar-refractivity contribution in [3.63, 3.8) is 0 Å². The third kappa shape index (κ3) is 3.99. The fourth-order valence-electron chi connectivity index (χ4n) is 3.14. The molecule has 0 spiro atoms. The molecule has 0 unspecified atom stereocenters. The SMILES string of the molecule is Cc1ccncc1-c1cc2cc(NC(=O)C=C3CN(S(N)(=O)=O)C3)ncc2c(N)n1. The van der Waals surface area contributed by atoms with E-state index < -0.39 is 16.1 Å². The highest BCUT2D eigenvalue weighted by Crippen LogP contribution is 2.28. The summed E-state index contributed by atoms with van der Waals surface area (Å²) in [6.07, 6.45) is 6.33. The zero-order chi connectivity index (χ0) is 21.5. The van der Waals surface area contributed by atoms with Crippen molar-refractivity contribution >= 4 is 38.5 Å². The lowest BCUT2D eigenvalue weighted by Gasteiger charge is -2.30. The molecule has 0 atom stereocenters. The van der Waals surface area contributed by atoms with Crippen LogP contribution in [0.2, 0.25) is 0 Å². The monoisotopic (exact) mass is 425 g/mol. The zero-order valence-corrected chi connectivity index (χ0v) is 16.8. The number of aromatic nitrogens is 3. The van der Waals surface area contributed by atoms with Gasteiger partial charge >= 0.3 is 0 Å². The van der Waals surface area contributed by atoms with Crippen molar-refractivity contribution in [1.29, 1.82) is 0 Å². The highest BCUT2D eigenvalue weighted by Gasteiger charge is 2.29. The minimum Gasteiger partial charge on any atom is -0.383 e. The van der Waals surface area contributed by atoms with Gasteiger partial charge < -0.3 is 11.1 Å². The van der Waals surface area contributed by atoms with Gasteiger partial charge in [-0.3, -0.25) is 9.78 Å². The van der Waals surface area contributed by atoms with Crippen molar-refractivity contribution in [2.75, 3.05) is 24.1 Å². The van der Waals surface area contributed by atoms with Gasteiger partial charge in [0.15, 0.2) is 0 Å². The number of aryl methyl sites for hydroxylation is 1.